The number of ether oxygens (including phenoxy) is 2. The van der Waals surface area contributed by atoms with Gasteiger partial charge < -0.3 is 45.5 Å². The summed E-state index contributed by atoms with van der Waals surface area (Å²) in [6.07, 6.45) is -8.17. The second kappa shape index (κ2) is 11.9. The van der Waals surface area contributed by atoms with E-state index in [0.29, 0.717) is 0 Å². The van der Waals surface area contributed by atoms with Gasteiger partial charge in [0, 0.05) is 0 Å². The number of nitrogens with two attached hydrogens (primary N) is 2. The van der Waals surface area contributed by atoms with E-state index >= 15 is 4.39 Å². The molecule has 238 valence electrons. The summed E-state index contributed by atoms with van der Waals surface area (Å²) >= 11 is 0. The van der Waals surface area contributed by atoms with Gasteiger partial charge >= 0.3 is 16.1 Å². The average molecular weight is 662 g/mol. The summed E-state index contributed by atoms with van der Waals surface area (Å²) in [6, 6.07) is 0. The maximum Gasteiger partial charge on any atom is 0.472 e. The molecule has 24 heteroatoms. The minimum Gasteiger partial charge on any atom is -0.394 e. The van der Waals surface area contributed by atoms with Crippen LogP contribution in [0.4, 0.5) is 16.0 Å². The number of aliphatic hydroxyl groups excluding tert-OH is 2. The van der Waals surface area contributed by atoms with Crippen molar-refractivity contribution in [3.05, 3.63) is 25.3 Å². The molecular formula is C20H25FN10O11P2. The fourth-order valence-corrected chi connectivity index (χ4v) is 6.43. The molecule has 0 radical (unpaired) electrons. The molecule has 4 aromatic heterocycles. The van der Waals surface area contributed by atoms with Crippen LogP contribution >= 0.6 is 16.1 Å². The van der Waals surface area contributed by atoms with Gasteiger partial charge in [0.15, 0.2) is 41.6 Å². The molecule has 8 N–H and O–H groups in total. The summed E-state index contributed by atoms with van der Waals surface area (Å²) < 4.78 is 69.1. The lowest BCUT2D eigenvalue weighted by atomic mass is 10.1. The van der Waals surface area contributed by atoms with E-state index in [4.69, 9.17) is 34.5 Å². The van der Waals surface area contributed by atoms with Crippen molar-refractivity contribution in [3.8, 4) is 0 Å². The highest BCUT2D eigenvalue weighted by molar-refractivity contribution is 7.47. The molecule has 6 rings (SSSR count). The van der Waals surface area contributed by atoms with Crippen molar-refractivity contribution in [2.75, 3.05) is 24.7 Å². The predicted molar refractivity (Wildman–Crippen MR) is 142 cm³/mol. The van der Waals surface area contributed by atoms with Gasteiger partial charge in [-0.3, -0.25) is 22.7 Å². The highest BCUT2D eigenvalue weighted by Crippen LogP contribution is 2.50. The minimum atomic E-state index is -5.14. The summed E-state index contributed by atoms with van der Waals surface area (Å²) in [4.78, 5) is 43.8. The number of anilines is 2. The Balaban J connectivity index is 1.21. The van der Waals surface area contributed by atoms with Gasteiger partial charge in [0.05, 0.1) is 25.9 Å². The van der Waals surface area contributed by atoms with E-state index in [1.54, 1.807) is 0 Å². The van der Waals surface area contributed by atoms with Crippen LogP contribution in [0.5, 0.6) is 0 Å². The molecule has 10 atom stereocenters. The molecule has 4 aromatic rings. The van der Waals surface area contributed by atoms with Gasteiger partial charge in [-0.05, 0) is 0 Å². The zero-order valence-electron chi connectivity index (χ0n) is 22.0. The fourth-order valence-electron chi connectivity index (χ4n) is 4.98. The van der Waals surface area contributed by atoms with Crippen molar-refractivity contribution in [3.63, 3.8) is 0 Å². The van der Waals surface area contributed by atoms with Crippen LogP contribution in [0, 0.1) is 0 Å². The van der Waals surface area contributed by atoms with Crippen molar-refractivity contribution in [2.45, 2.75) is 49.1 Å². The fraction of sp³-hybridized carbons (Fsp3) is 0.500. The van der Waals surface area contributed by atoms with Crippen LogP contribution in [-0.4, -0.2) is 109 Å². The van der Waals surface area contributed by atoms with E-state index < -0.39 is 78.4 Å². The van der Waals surface area contributed by atoms with Gasteiger partial charge in [-0.1, -0.05) is 0 Å². The van der Waals surface area contributed by atoms with E-state index in [2.05, 4.69) is 29.9 Å². The number of nitrogens with zero attached hydrogens (tertiary/aromatic N) is 8. The van der Waals surface area contributed by atoms with E-state index in [0.717, 1.165) is 23.5 Å². The summed E-state index contributed by atoms with van der Waals surface area (Å²) in [5.74, 6) is 0.0375. The topological polar surface area (TPSA) is 300 Å². The van der Waals surface area contributed by atoms with Crippen LogP contribution in [0.2, 0.25) is 0 Å². The molecule has 0 amide bonds. The second-order valence-corrected chi connectivity index (χ2v) is 11.8. The molecule has 2 saturated heterocycles. The molecule has 0 saturated carbocycles. The van der Waals surface area contributed by atoms with Crippen molar-refractivity contribution in [2.24, 2.45) is 0 Å². The first-order valence-electron chi connectivity index (χ1n) is 12.6. The molecule has 0 bridgehead atoms. The average Bonchev–Trinajstić information content (AvgIpc) is 3.74. The molecule has 6 heterocycles. The van der Waals surface area contributed by atoms with Crippen LogP contribution in [0.15, 0.2) is 25.3 Å². The minimum absolute atomic E-state index is 0.00745. The van der Waals surface area contributed by atoms with Crippen molar-refractivity contribution >= 4 is 50.0 Å². The third kappa shape index (κ3) is 5.54. The number of aromatic nitrogens is 8. The smallest absolute Gasteiger partial charge is 0.394 e. The van der Waals surface area contributed by atoms with Gasteiger partial charge in [0.25, 0.3) is 0 Å². The van der Waals surface area contributed by atoms with E-state index in [1.165, 1.54) is 10.9 Å². The Morgan fingerprint density at radius 2 is 1.52 bits per heavy atom. The van der Waals surface area contributed by atoms with E-state index in [9.17, 15) is 29.1 Å². The summed E-state index contributed by atoms with van der Waals surface area (Å²) in [5.41, 5.74) is 12.1. The number of rotatable bonds is 10. The summed E-state index contributed by atoms with van der Waals surface area (Å²) in [5, 5.41) is 20.4. The number of hydrogen-bond donors (Lipinski definition) is 6. The molecular weight excluding hydrogens is 637 g/mol. The Labute approximate surface area is 245 Å². The molecule has 6 unspecified atom stereocenters. The van der Waals surface area contributed by atoms with E-state index in [-0.39, 0.29) is 34.0 Å². The quantitative estimate of drug-likeness (QED) is 0.106. The number of nitrogen functional groups attached to an aromatic ring is 2. The number of alkyl halides is 1. The third-order valence-electron chi connectivity index (χ3n) is 6.98. The molecule has 0 spiro atoms. The number of imidazole rings is 2. The normalized spacial score (nSPS) is 31.1. The molecule has 0 aliphatic carbocycles. The molecule has 0 aromatic carbocycles. The molecule has 2 fully saturated rings. The van der Waals surface area contributed by atoms with E-state index in [1.807, 2.05) is 0 Å². The largest absolute Gasteiger partial charge is 0.472 e. The van der Waals surface area contributed by atoms with Crippen molar-refractivity contribution in [1.82, 2.24) is 39.0 Å². The first kappa shape index (κ1) is 30.7. The van der Waals surface area contributed by atoms with Crippen LogP contribution < -0.4 is 11.5 Å². The number of phosphoric ester groups is 1. The van der Waals surface area contributed by atoms with Gasteiger partial charge in [0.2, 0.25) is 0 Å². The summed E-state index contributed by atoms with van der Waals surface area (Å²) in [6.45, 7) is -1.57. The second-order valence-electron chi connectivity index (χ2n) is 9.60. The van der Waals surface area contributed by atoms with Crippen LogP contribution in [0.1, 0.15) is 12.5 Å². The van der Waals surface area contributed by atoms with Gasteiger partial charge in [-0.25, -0.2) is 38.9 Å². The molecule has 2 aliphatic rings. The first-order chi connectivity index (χ1) is 21.0. The van der Waals surface area contributed by atoms with Crippen LogP contribution in [-0.2, 0) is 32.2 Å². The van der Waals surface area contributed by atoms with Crippen molar-refractivity contribution < 1.29 is 56.6 Å². The van der Waals surface area contributed by atoms with Crippen LogP contribution in [0.3, 0.4) is 0 Å². The third-order valence-corrected chi connectivity index (χ3v) is 8.43. The number of phosphoric acid groups is 1. The molecule has 44 heavy (non-hydrogen) atoms. The highest BCUT2D eigenvalue weighted by Gasteiger charge is 2.52. The predicted octanol–water partition coefficient (Wildman–Crippen LogP) is -1.41. The number of hydrogen-bond acceptors (Lipinski definition) is 17. The van der Waals surface area contributed by atoms with Gasteiger partial charge in [-0.2, -0.15) is 0 Å². The first-order valence-corrected chi connectivity index (χ1v) is 15.4. The van der Waals surface area contributed by atoms with Crippen LogP contribution in [0.25, 0.3) is 22.3 Å². The maximum atomic E-state index is 15.6. The summed E-state index contributed by atoms with van der Waals surface area (Å²) in [7, 11) is -8.87. The zero-order valence-corrected chi connectivity index (χ0v) is 23.9. The molecule has 2 aliphatic heterocycles. The Morgan fingerprint density at radius 1 is 0.955 bits per heavy atom. The molecule has 21 nitrogen and oxygen atoms in total. The highest BCUT2D eigenvalue weighted by atomic mass is 31.2. The maximum absolute atomic E-state index is 15.6. The Hall–Kier alpha value is -3.27. The Kier molecular flexibility index (Phi) is 8.32. The zero-order chi connectivity index (χ0) is 31.3. The lowest BCUT2D eigenvalue weighted by molar-refractivity contribution is -0.0589. The lowest BCUT2D eigenvalue weighted by Gasteiger charge is -2.25. The Morgan fingerprint density at radius 3 is 2.09 bits per heavy atom. The number of aliphatic hydroxyl groups is 2. The SMILES string of the molecule is Nc1ncnc2c1ncn2[C@@H]1O[C@H](COP(=O)(O)OC2C(O)[C@@H](CO)O[C@H]2n2cnc3c(N)ncnc32)C(O[PH](=O)O)C1F. The number of halogens is 1. The van der Waals surface area contributed by atoms with Gasteiger partial charge in [-0.15, -0.1) is 0 Å². The van der Waals surface area contributed by atoms with Crippen molar-refractivity contribution in [1.29, 1.82) is 0 Å². The number of fused-ring (bicyclic) bond motifs is 2. The standard InChI is InChI=1S/C20H25FN10O11P2/c21-9-13(41-43(34)35)8(40-19(9)30-5-28-10-15(22)24-3-26-17(10)30)2-38-44(36,37)42-14-12(33)7(1-32)39-20(14)31-6-29-11-16(23)25-4-27-18(11)31/h3-9,12-14,19-20,32-33,43H,1-2H2,(H,34,35)(H,36,37)(H2,22,24,26)(H2,23,25,27)/t7-,8-,9?,12?,13?,14?,19-,20-/m1/s1. The monoisotopic (exact) mass is 662 g/mol. The van der Waals surface area contributed by atoms with Gasteiger partial charge in [0.1, 0.15) is 54.2 Å². The lowest BCUT2D eigenvalue weighted by Crippen LogP contribution is -2.36. The Bertz CT molecular complexity index is 1750.